The lowest BCUT2D eigenvalue weighted by Gasteiger charge is -2.65. The molecule has 4 aromatic carbocycles. The highest BCUT2D eigenvalue weighted by Crippen LogP contribution is 2.72. The van der Waals surface area contributed by atoms with Crippen LogP contribution in [0.5, 0.6) is 0 Å². The SMILES string of the molecule is CC(C)C[C@H](C[C@@H](C)[C@H]1C[C@@H](OC(=O)c2ccccc2)[C@H]2[C@@H]3[C@H]4OC(C)(C)O[C@@H]4[C@H]4C[C@H](O[Si](c5ccccc5)(c5ccccc5)C(C)(C)C)[C@H]5OC(C)(C)O[C@H]5[C@]4(C)[C@H]3CC[C@@]21C)OC(=O)c1ccccc1. The van der Waals surface area contributed by atoms with E-state index in [0.717, 1.165) is 25.7 Å². The minimum absolute atomic E-state index is 0.00406. The maximum atomic E-state index is 14.5. The van der Waals surface area contributed by atoms with Crippen LogP contribution in [0.2, 0.25) is 5.04 Å². The Labute approximate surface area is 436 Å². The van der Waals surface area contributed by atoms with Gasteiger partial charge in [-0.1, -0.05) is 152 Å². The molecule has 2 saturated heterocycles. The number of carbonyl (C=O) groups is 2. The van der Waals surface area contributed by atoms with E-state index < -0.39 is 25.3 Å². The van der Waals surface area contributed by atoms with Crippen LogP contribution in [0.4, 0.5) is 0 Å². The van der Waals surface area contributed by atoms with Crippen molar-refractivity contribution in [3.05, 3.63) is 132 Å². The predicted octanol–water partition coefficient (Wildman–Crippen LogP) is 12.2. The minimum Gasteiger partial charge on any atom is -0.459 e. The highest BCUT2D eigenvalue weighted by molar-refractivity contribution is 6.99. The second-order valence-electron chi connectivity index (χ2n) is 25.8. The highest BCUT2D eigenvalue weighted by atomic mass is 28.4. The number of benzene rings is 4. The van der Waals surface area contributed by atoms with Crippen LogP contribution in [0, 0.1) is 52.3 Å². The number of fused-ring (bicyclic) bond motifs is 10. The first-order chi connectivity index (χ1) is 34.6. The van der Waals surface area contributed by atoms with Crippen molar-refractivity contribution in [2.45, 2.75) is 181 Å². The fraction of sp³-hybridized carbons (Fsp3) is 0.587. The number of ether oxygens (including phenoxy) is 6. The first-order valence-corrected chi connectivity index (χ1v) is 29.5. The summed E-state index contributed by atoms with van der Waals surface area (Å²) in [7, 11) is -3.05. The first-order valence-electron chi connectivity index (χ1n) is 27.6. The molecule has 2 aliphatic heterocycles. The van der Waals surface area contributed by atoms with Crippen molar-refractivity contribution in [1.29, 1.82) is 0 Å². The lowest BCUT2D eigenvalue weighted by molar-refractivity contribution is -0.241. The van der Waals surface area contributed by atoms with Gasteiger partial charge in [0.15, 0.2) is 11.6 Å². The van der Waals surface area contributed by atoms with Crippen molar-refractivity contribution < 1.29 is 42.4 Å². The molecule has 0 unspecified atom stereocenters. The van der Waals surface area contributed by atoms with Gasteiger partial charge in [-0.15, -0.1) is 0 Å². The third-order valence-electron chi connectivity index (χ3n) is 18.9. The molecule has 0 N–H and O–H groups in total. The van der Waals surface area contributed by atoms with Gasteiger partial charge in [-0.2, -0.15) is 0 Å². The summed E-state index contributed by atoms with van der Waals surface area (Å²) in [6, 6.07) is 40.6. The molecule has 6 aliphatic rings. The van der Waals surface area contributed by atoms with Crippen molar-refractivity contribution in [1.82, 2.24) is 0 Å². The zero-order chi connectivity index (χ0) is 51.9. The van der Waals surface area contributed by atoms with Crippen LogP contribution in [0.3, 0.4) is 0 Å². The summed E-state index contributed by atoms with van der Waals surface area (Å²) >= 11 is 0. The van der Waals surface area contributed by atoms with E-state index in [1.165, 1.54) is 10.4 Å². The van der Waals surface area contributed by atoms with E-state index in [1.54, 1.807) is 0 Å². The third kappa shape index (κ3) is 9.30. The summed E-state index contributed by atoms with van der Waals surface area (Å²) in [5.41, 5.74) is 0.447. The summed E-state index contributed by atoms with van der Waals surface area (Å²) in [4.78, 5) is 28.1. The minimum atomic E-state index is -3.05. The molecular weight excluding hydrogens is 929 g/mol. The van der Waals surface area contributed by atoms with Gasteiger partial charge in [0.25, 0.3) is 8.32 Å². The van der Waals surface area contributed by atoms with Gasteiger partial charge in [-0.3, -0.25) is 0 Å². The Hall–Kier alpha value is -4.16. The summed E-state index contributed by atoms with van der Waals surface area (Å²) in [5, 5.41) is 2.22. The zero-order valence-corrected chi connectivity index (χ0v) is 46.5. The van der Waals surface area contributed by atoms with Gasteiger partial charge in [-0.25, -0.2) is 9.59 Å². The third-order valence-corrected chi connectivity index (χ3v) is 23.9. The van der Waals surface area contributed by atoms with E-state index in [-0.39, 0.29) is 101 Å². The Bertz CT molecular complexity index is 2520. The molecule has 0 spiro atoms. The average molecular weight is 1010 g/mol. The average Bonchev–Trinajstić information content (AvgIpc) is 3.98. The number of carbonyl (C=O) groups excluding carboxylic acids is 2. The van der Waals surface area contributed by atoms with E-state index in [9.17, 15) is 9.59 Å². The Balaban J connectivity index is 1.05. The summed E-state index contributed by atoms with van der Waals surface area (Å²) in [6.45, 7) is 27.0. The van der Waals surface area contributed by atoms with Crippen LogP contribution >= 0.6 is 0 Å². The molecule has 10 rings (SSSR count). The smallest absolute Gasteiger partial charge is 0.338 e. The topological polar surface area (TPSA) is 98.8 Å². The van der Waals surface area contributed by atoms with Crippen LogP contribution in [-0.2, 0) is 32.8 Å². The van der Waals surface area contributed by atoms with Crippen molar-refractivity contribution in [2.75, 3.05) is 0 Å². The lowest BCUT2D eigenvalue weighted by atomic mass is 9.42. The van der Waals surface area contributed by atoms with E-state index in [2.05, 4.69) is 144 Å². The molecule has 6 fully saturated rings. The fourth-order valence-electron chi connectivity index (χ4n) is 16.1. The van der Waals surface area contributed by atoms with E-state index >= 15 is 0 Å². The monoisotopic (exact) mass is 1010 g/mol. The Morgan fingerprint density at radius 1 is 0.630 bits per heavy atom. The van der Waals surface area contributed by atoms with Gasteiger partial charge < -0.3 is 32.8 Å². The Kier molecular flexibility index (Phi) is 13.9. The van der Waals surface area contributed by atoms with Crippen LogP contribution in [0.15, 0.2) is 121 Å². The summed E-state index contributed by atoms with van der Waals surface area (Å²) in [6.07, 6.45) is 2.64. The fourth-order valence-corrected chi connectivity index (χ4v) is 20.8. The van der Waals surface area contributed by atoms with Crippen molar-refractivity contribution >= 4 is 30.6 Å². The van der Waals surface area contributed by atoms with E-state index in [0.29, 0.717) is 29.9 Å². The lowest BCUT2D eigenvalue weighted by Crippen LogP contribution is -2.73. The quantitative estimate of drug-likeness (QED) is 0.0958. The van der Waals surface area contributed by atoms with E-state index in [4.69, 9.17) is 32.8 Å². The molecule has 4 aliphatic carbocycles. The highest BCUT2D eigenvalue weighted by Gasteiger charge is 2.76. The maximum absolute atomic E-state index is 14.5. The van der Waals surface area contributed by atoms with Crippen LogP contribution in [-0.4, -0.2) is 74.6 Å². The normalized spacial score (nSPS) is 34.9. The number of rotatable bonds is 13. The molecule has 0 radical (unpaired) electrons. The molecule has 4 aromatic rings. The van der Waals surface area contributed by atoms with Crippen molar-refractivity contribution in [3.63, 3.8) is 0 Å². The summed E-state index contributed by atoms with van der Waals surface area (Å²) < 4.78 is 50.8. The van der Waals surface area contributed by atoms with Crippen molar-refractivity contribution in [3.8, 4) is 0 Å². The molecule has 392 valence electrons. The maximum Gasteiger partial charge on any atom is 0.338 e. The largest absolute Gasteiger partial charge is 0.459 e. The van der Waals surface area contributed by atoms with Crippen LogP contribution in [0.25, 0.3) is 0 Å². The van der Waals surface area contributed by atoms with Gasteiger partial charge in [0.2, 0.25) is 0 Å². The molecule has 15 atom stereocenters. The molecular formula is C63H82O9Si. The number of hydrogen-bond donors (Lipinski definition) is 0. The number of esters is 2. The van der Waals surface area contributed by atoms with Crippen molar-refractivity contribution in [2.24, 2.45) is 52.3 Å². The molecule has 0 aromatic heterocycles. The van der Waals surface area contributed by atoms with Gasteiger partial charge in [0.1, 0.15) is 18.3 Å². The van der Waals surface area contributed by atoms with Crippen LogP contribution < -0.4 is 10.4 Å². The molecule has 9 nitrogen and oxygen atoms in total. The van der Waals surface area contributed by atoms with E-state index in [1.807, 2.05) is 60.7 Å². The molecule has 0 amide bonds. The molecule has 73 heavy (non-hydrogen) atoms. The van der Waals surface area contributed by atoms with Crippen LogP contribution in [0.1, 0.15) is 142 Å². The molecule has 0 bridgehead atoms. The zero-order valence-electron chi connectivity index (χ0n) is 45.5. The molecule has 10 heteroatoms. The second kappa shape index (κ2) is 19.4. The Morgan fingerprint density at radius 2 is 1.15 bits per heavy atom. The van der Waals surface area contributed by atoms with Gasteiger partial charge in [0.05, 0.1) is 35.5 Å². The molecule has 4 saturated carbocycles. The predicted molar refractivity (Wildman–Crippen MR) is 287 cm³/mol. The number of hydrogen-bond acceptors (Lipinski definition) is 9. The van der Waals surface area contributed by atoms with Gasteiger partial charge in [-0.05, 0) is 147 Å². The first kappa shape index (κ1) is 52.3. The molecule has 2 heterocycles. The standard InChI is InChI=1S/C63H82O9Si/c1-39(2)35-43(66-57(64)41-25-17-13-18-26-41)36-40(3)47-37-49(67-58(65)42-27-19-14-20-28-42)52-51-46(33-34-62(47,52)11)63(12)48(53-55(51)70-60(7,8)68-53)38-50(54-56(63)71-61(9,10)69-54)72-73(59(4,5)6,44-29-21-15-22-30-44)45-31-23-16-24-32-45/h13-32,39-40,43,46-56H,33-38H2,1-12H3/t40-,43-,46+,47-,48-,49-,50+,51-,52+,53-,54-,55-,56-,62-,63-/m1/s1. The Morgan fingerprint density at radius 3 is 1.71 bits per heavy atom. The summed E-state index contributed by atoms with van der Waals surface area (Å²) in [5.74, 6) is -1.59. The second-order valence-corrected chi connectivity index (χ2v) is 30.0. The van der Waals surface area contributed by atoms with Gasteiger partial charge in [0, 0.05) is 11.3 Å². The van der Waals surface area contributed by atoms with Gasteiger partial charge >= 0.3 is 11.9 Å².